The first-order valence-electron chi connectivity index (χ1n) is 7.58. The van der Waals surface area contributed by atoms with Crippen molar-refractivity contribution in [2.75, 3.05) is 6.61 Å². The molecular formula is C17H22N2O2. The highest BCUT2D eigenvalue weighted by molar-refractivity contribution is 5.32. The van der Waals surface area contributed by atoms with Gasteiger partial charge >= 0.3 is 0 Å². The molecule has 1 N–H and O–H groups in total. The molecule has 1 aromatic heterocycles. The van der Waals surface area contributed by atoms with E-state index in [-0.39, 0.29) is 6.10 Å². The van der Waals surface area contributed by atoms with Gasteiger partial charge in [0, 0.05) is 19.2 Å². The van der Waals surface area contributed by atoms with Crippen molar-refractivity contribution in [1.29, 1.82) is 0 Å². The maximum atomic E-state index is 10.6. The van der Waals surface area contributed by atoms with Crippen LogP contribution in [0.5, 0.6) is 0 Å². The molecule has 4 nitrogen and oxygen atoms in total. The first-order valence-corrected chi connectivity index (χ1v) is 7.58. The second-order valence-corrected chi connectivity index (χ2v) is 5.62. The Morgan fingerprint density at radius 1 is 1.43 bits per heavy atom. The van der Waals surface area contributed by atoms with Crippen LogP contribution in [-0.2, 0) is 31.0 Å². The van der Waals surface area contributed by atoms with Gasteiger partial charge in [-0.3, -0.25) is 4.68 Å². The summed E-state index contributed by atoms with van der Waals surface area (Å²) in [6, 6.07) is 10.3. The van der Waals surface area contributed by atoms with Gasteiger partial charge in [-0.2, -0.15) is 5.10 Å². The summed E-state index contributed by atoms with van der Waals surface area (Å²) in [7, 11) is 1.93. The van der Waals surface area contributed by atoms with Gasteiger partial charge in [-0.1, -0.05) is 31.2 Å². The van der Waals surface area contributed by atoms with E-state index in [1.165, 1.54) is 5.56 Å². The lowest BCUT2D eigenvalue weighted by Crippen LogP contribution is -2.29. The molecule has 2 unspecified atom stereocenters. The number of nitrogens with zero attached hydrogens (tertiary/aromatic N) is 2. The Kier molecular flexibility index (Phi) is 4.08. The number of aliphatic hydroxyl groups is 1. The molecule has 1 aliphatic heterocycles. The average Bonchev–Trinajstić information content (AvgIpc) is 2.87. The average molecular weight is 286 g/mol. The number of rotatable bonds is 4. The number of aryl methyl sites for hydroxylation is 2. The molecule has 0 amide bonds. The normalized spacial score (nSPS) is 19.3. The molecule has 0 spiro atoms. The lowest BCUT2D eigenvalue weighted by Gasteiger charge is -2.29. The maximum Gasteiger partial charge on any atom is 0.109 e. The smallest absolute Gasteiger partial charge is 0.109 e. The molecule has 2 heterocycles. The number of hydrogen-bond acceptors (Lipinski definition) is 3. The molecule has 3 rings (SSSR count). The molecule has 0 aliphatic carbocycles. The first kappa shape index (κ1) is 14.3. The third-order valence-electron chi connectivity index (χ3n) is 4.19. The topological polar surface area (TPSA) is 47.3 Å². The van der Waals surface area contributed by atoms with Gasteiger partial charge in [0.1, 0.15) is 6.10 Å². The molecule has 1 aliphatic rings. The van der Waals surface area contributed by atoms with Crippen LogP contribution in [0.4, 0.5) is 0 Å². The van der Waals surface area contributed by atoms with Gasteiger partial charge in [-0.15, -0.1) is 0 Å². The lowest BCUT2D eigenvalue weighted by molar-refractivity contribution is -0.0466. The molecule has 21 heavy (non-hydrogen) atoms. The highest BCUT2D eigenvalue weighted by atomic mass is 16.5. The van der Waals surface area contributed by atoms with E-state index < -0.39 is 6.10 Å². The predicted octanol–water partition coefficient (Wildman–Crippen LogP) is 2.20. The second-order valence-electron chi connectivity index (χ2n) is 5.62. The minimum absolute atomic E-state index is 0.241. The summed E-state index contributed by atoms with van der Waals surface area (Å²) in [5, 5.41) is 15.1. The zero-order valence-corrected chi connectivity index (χ0v) is 12.6. The molecule has 4 heteroatoms. The third kappa shape index (κ3) is 2.87. The lowest BCUT2D eigenvalue weighted by atomic mass is 9.93. The van der Waals surface area contributed by atoms with Crippen molar-refractivity contribution in [1.82, 2.24) is 9.78 Å². The van der Waals surface area contributed by atoms with E-state index in [1.807, 2.05) is 23.9 Å². The summed E-state index contributed by atoms with van der Waals surface area (Å²) >= 11 is 0. The maximum absolute atomic E-state index is 10.6. The summed E-state index contributed by atoms with van der Waals surface area (Å²) < 4.78 is 7.69. The zero-order valence-electron chi connectivity index (χ0n) is 12.6. The van der Waals surface area contributed by atoms with Gasteiger partial charge in [0.25, 0.3) is 0 Å². The molecule has 0 saturated heterocycles. The number of benzene rings is 1. The fourth-order valence-corrected chi connectivity index (χ4v) is 3.00. The van der Waals surface area contributed by atoms with E-state index in [0.29, 0.717) is 13.0 Å². The van der Waals surface area contributed by atoms with Crippen molar-refractivity contribution in [3.63, 3.8) is 0 Å². The molecule has 0 fully saturated rings. The van der Waals surface area contributed by atoms with Crippen LogP contribution in [0.15, 0.2) is 30.3 Å². The van der Waals surface area contributed by atoms with Crippen LogP contribution in [0.3, 0.4) is 0 Å². The van der Waals surface area contributed by atoms with Crippen molar-refractivity contribution in [3.05, 3.63) is 52.8 Å². The van der Waals surface area contributed by atoms with Gasteiger partial charge < -0.3 is 9.84 Å². The monoisotopic (exact) mass is 286 g/mol. The first-order chi connectivity index (χ1) is 10.2. The summed E-state index contributed by atoms with van der Waals surface area (Å²) in [5.74, 6) is 0. The van der Waals surface area contributed by atoms with Crippen LogP contribution in [0, 0.1) is 0 Å². The van der Waals surface area contributed by atoms with Crippen molar-refractivity contribution in [2.24, 2.45) is 7.05 Å². The molecule has 0 radical (unpaired) electrons. The van der Waals surface area contributed by atoms with E-state index in [9.17, 15) is 5.11 Å². The SMILES string of the molecule is CCc1cc(CC(O)C2OCCc3ccccc32)n(C)n1. The van der Waals surface area contributed by atoms with Crippen LogP contribution in [-0.4, -0.2) is 27.6 Å². The number of aliphatic hydroxyl groups excluding tert-OH is 1. The fourth-order valence-electron chi connectivity index (χ4n) is 3.00. The molecule has 1 aromatic carbocycles. The molecule has 2 atom stereocenters. The second kappa shape index (κ2) is 6.00. The van der Waals surface area contributed by atoms with E-state index in [2.05, 4.69) is 30.2 Å². The number of aromatic nitrogens is 2. The predicted molar refractivity (Wildman–Crippen MR) is 81.1 cm³/mol. The van der Waals surface area contributed by atoms with Crippen LogP contribution in [0.1, 0.15) is 35.5 Å². The van der Waals surface area contributed by atoms with E-state index in [4.69, 9.17) is 4.74 Å². The van der Waals surface area contributed by atoms with Gasteiger partial charge in [0.2, 0.25) is 0 Å². The Morgan fingerprint density at radius 3 is 3.00 bits per heavy atom. The number of fused-ring (bicyclic) bond motifs is 1. The van der Waals surface area contributed by atoms with Crippen molar-refractivity contribution in [2.45, 2.75) is 38.4 Å². The highest BCUT2D eigenvalue weighted by Gasteiger charge is 2.28. The fraction of sp³-hybridized carbons (Fsp3) is 0.471. The van der Waals surface area contributed by atoms with Crippen LogP contribution in [0.25, 0.3) is 0 Å². The van der Waals surface area contributed by atoms with Crippen LogP contribution < -0.4 is 0 Å². The van der Waals surface area contributed by atoms with Crippen molar-refractivity contribution >= 4 is 0 Å². The quantitative estimate of drug-likeness (QED) is 0.937. The third-order valence-corrected chi connectivity index (χ3v) is 4.19. The zero-order chi connectivity index (χ0) is 14.8. The Morgan fingerprint density at radius 2 is 2.24 bits per heavy atom. The molecule has 0 saturated carbocycles. The molecule has 0 bridgehead atoms. The molecular weight excluding hydrogens is 264 g/mol. The minimum Gasteiger partial charge on any atom is -0.390 e. The van der Waals surface area contributed by atoms with Gasteiger partial charge in [-0.25, -0.2) is 0 Å². The summed E-state index contributed by atoms with van der Waals surface area (Å²) in [5.41, 5.74) is 4.51. The molecule has 2 aromatic rings. The Hall–Kier alpha value is -1.65. The van der Waals surface area contributed by atoms with Crippen LogP contribution >= 0.6 is 0 Å². The highest BCUT2D eigenvalue weighted by Crippen LogP contribution is 2.30. The van der Waals surface area contributed by atoms with E-state index in [0.717, 1.165) is 29.8 Å². The van der Waals surface area contributed by atoms with E-state index >= 15 is 0 Å². The summed E-state index contributed by atoms with van der Waals surface area (Å²) in [4.78, 5) is 0. The summed E-state index contributed by atoms with van der Waals surface area (Å²) in [6.07, 6.45) is 1.60. The van der Waals surface area contributed by atoms with E-state index in [1.54, 1.807) is 0 Å². The van der Waals surface area contributed by atoms with Crippen molar-refractivity contribution in [3.8, 4) is 0 Å². The largest absolute Gasteiger partial charge is 0.390 e. The van der Waals surface area contributed by atoms with Crippen molar-refractivity contribution < 1.29 is 9.84 Å². The number of ether oxygens (including phenoxy) is 1. The Balaban J connectivity index is 1.80. The standard InChI is InChI=1S/C17H22N2O2/c1-3-13-10-14(19(2)18-13)11-16(20)17-15-7-5-4-6-12(15)8-9-21-17/h4-7,10,16-17,20H,3,8-9,11H2,1-2H3. The minimum atomic E-state index is -0.549. The Bertz CT molecular complexity index is 621. The molecule has 112 valence electrons. The summed E-state index contributed by atoms with van der Waals surface area (Å²) in [6.45, 7) is 2.76. The van der Waals surface area contributed by atoms with Gasteiger partial charge in [0.05, 0.1) is 18.4 Å². The van der Waals surface area contributed by atoms with Crippen LogP contribution in [0.2, 0.25) is 0 Å². The Labute approximate surface area is 125 Å². The van der Waals surface area contributed by atoms with Gasteiger partial charge in [0.15, 0.2) is 0 Å². The van der Waals surface area contributed by atoms with Gasteiger partial charge in [-0.05, 0) is 30.0 Å². The number of hydrogen-bond donors (Lipinski definition) is 1.